The summed E-state index contributed by atoms with van der Waals surface area (Å²) < 4.78 is 0. The van der Waals surface area contributed by atoms with E-state index in [1.807, 2.05) is 16.7 Å². The van der Waals surface area contributed by atoms with Gasteiger partial charge in [0.25, 0.3) is 0 Å². The van der Waals surface area contributed by atoms with Gasteiger partial charge in [0.1, 0.15) is 0 Å². The molecule has 0 aromatic heterocycles. The van der Waals surface area contributed by atoms with E-state index in [9.17, 15) is 4.79 Å². The third-order valence-corrected chi connectivity index (χ3v) is 6.03. The van der Waals surface area contributed by atoms with Crippen molar-refractivity contribution in [3.8, 4) is 0 Å². The smallest absolute Gasteiger partial charge is 0.209 e. The lowest BCUT2D eigenvalue weighted by molar-refractivity contribution is -0.120. The Labute approximate surface area is 141 Å². The van der Waals surface area contributed by atoms with Crippen LogP contribution in [0, 0.1) is 0 Å². The Bertz CT molecular complexity index is 710. The molecule has 1 fully saturated rings. The van der Waals surface area contributed by atoms with Gasteiger partial charge in [0.2, 0.25) is 6.41 Å². The van der Waals surface area contributed by atoms with Crippen LogP contribution in [-0.4, -0.2) is 42.4 Å². The maximum absolute atomic E-state index is 11.0. The number of nitrogens with zero attached hydrogens (tertiary/aromatic N) is 2. The van der Waals surface area contributed by atoms with Gasteiger partial charge in [-0.2, -0.15) is 0 Å². The van der Waals surface area contributed by atoms with Crippen molar-refractivity contribution in [1.82, 2.24) is 9.80 Å². The molecule has 2 aliphatic rings. The fraction of sp³-hybridized carbons (Fsp3) is 0.316. The second kappa shape index (κ2) is 6.38. The number of hydrogen-bond acceptors (Lipinski definition) is 3. The van der Waals surface area contributed by atoms with Gasteiger partial charge in [0.15, 0.2) is 0 Å². The molecule has 0 aliphatic carbocycles. The average molecular weight is 324 g/mol. The van der Waals surface area contributed by atoms with E-state index in [1.54, 1.807) is 0 Å². The van der Waals surface area contributed by atoms with Gasteiger partial charge in [0, 0.05) is 42.0 Å². The number of rotatable bonds is 2. The molecule has 4 heteroatoms. The first-order valence-electron chi connectivity index (χ1n) is 8.13. The van der Waals surface area contributed by atoms with Gasteiger partial charge in [-0.25, -0.2) is 0 Å². The van der Waals surface area contributed by atoms with Crippen molar-refractivity contribution in [3.05, 3.63) is 59.7 Å². The first-order chi connectivity index (χ1) is 11.3. The Kier molecular flexibility index (Phi) is 4.10. The molecule has 0 spiro atoms. The molecular formula is C19H20N2OS. The Hall–Kier alpha value is -1.78. The molecule has 3 nitrogen and oxygen atoms in total. The number of carbonyl (C=O) groups is 1. The topological polar surface area (TPSA) is 23.6 Å². The minimum atomic E-state index is 0.399. The van der Waals surface area contributed by atoms with E-state index in [-0.39, 0.29) is 0 Å². The molecule has 0 bridgehead atoms. The number of amides is 1. The second-order valence-corrected chi connectivity index (χ2v) is 7.23. The van der Waals surface area contributed by atoms with Gasteiger partial charge >= 0.3 is 0 Å². The van der Waals surface area contributed by atoms with Gasteiger partial charge < -0.3 is 4.90 Å². The lowest BCUT2D eigenvalue weighted by Crippen LogP contribution is -2.47. The monoisotopic (exact) mass is 324 g/mol. The molecule has 1 saturated heterocycles. The highest BCUT2D eigenvalue weighted by Crippen LogP contribution is 2.42. The molecule has 1 amide bonds. The highest BCUT2D eigenvalue weighted by molar-refractivity contribution is 7.99. The van der Waals surface area contributed by atoms with Crippen LogP contribution in [0.1, 0.15) is 17.2 Å². The van der Waals surface area contributed by atoms with Crippen molar-refractivity contribution in [3.63, 3.8) is 0 Å². The van der Waals surface area contributed by atoms with Crippen LogP contribution in [0.2, 0.25) is 0 Å². The quantitative estimate of drug-likeness (QED) is 0.793. The van der Waals surface area contributed by atoms with Gasteiger partial charge in [0.05, 0.1) is 0 Å². The molecular weight excluding hydrogens is 304 g/mol. The summed E-state index contributed by atoms with van der Waals surface area (Å²) in [5.41, 5.74) is 2.85. The summed E-state index contributed by atoms with van der Waals surface area (Å²) in [6.45, 7) is 3.56. The summed E-state index contributed by atoms with van der Waals surface area (Å²) in [7, 11) is 0. The molecule has 2 aromatic rings. The predicted molar refractivity (Wildman–Crippen MR) is 92.7 cm³/mol. The molecule has 0 saturated carbocycles. The predicted octanol–water partition coefficient (Wildman–Crippen LogP) is 3.21. The molecule has 23 heavy (non-hydrogen) atoms. The van der Waals surface area contributed by atoms with Crippen molar-refractivity contribution >= 4 is 18.2 Å². The van der Waals surface area contributed by atoms with E-state index in [2.05, 4.69) is 53.4 Å². The Balaban J connectivity index is 1.69. The number of piperazine rings is 1. The van der Waals surface area contributed by atoms with E-state index in [0.29, 0.717) is 6.04 Å². The fourth-order valence-corrected chi connectivity index (χ4v) is 4.67. The zero-order valence-corrected chi connectivity index (χ0v) is 13.8. The highest BCUT2D eigenvalue weighted by atomic mass is 32.2. The van der Waals surface area contributed by atoms with E-state index < -0.39 is 0 Å². The van der Waals surface area contributed by atoms with Crippen molar-refractivity contribution in [1.29, 1.82) is 0 Å². The second-order valence-electron chi connectivity index (χ2n) is 6.14. The first kappa shape index (κ1) is 14.8. The zero-order chi connectivity index (χ0) is 15.6. The Morgan fingerprint density at radius 1 is 0.913 bits per heavy atom. The highest BCUT2D eigenvalue weighted by Gasteiger charge is 2.29. The molecule has 2 heterocycles. The molecule has 2 aromatic carbocycles. The standard InChI is InChI=1S/C19H20N2OS/c22-14-20-9-11-21(12-10-20)17-13-15-5-1-3-7-18(15)23-19-8-4-2-6-16(17)19/h1-8,14,17H,9-13H2. The average Bonchev–Trinajstić information content (AvgIpc) is 2.78. The van der Waals surface area contributed by atoms with Crippen molar-refractivity contribution in [2.24, 2.45) is 0 Å². The summed E-state index contributed by atoms with van der Waals surface area (Å²) in [6.07, 6.45) is 2.02. The number of benzene rings is 2. The maximum atomic E-state index is 11.0. The van der Waals surface area contributed by atoms with Crippen molar-refractivity contribution in [2.45, 2.75) is 22.3 Å². The molecule has 0 N–H and O–H groups in total. The van der Waals surface area contributed by atoms with E-state index in [4.69, 9.17) is 0 Å². The lowest BCUT2D eigenvalue weighted by Gasteiger charge is -2.38. The molecule has 2 aliphatic heterocycles. The minimum absolute atomic E-state index is 0.399. The van der Waals surface area contributed by atoms with Crippen LogP contribution in [-0.2, 0) is 11.2 Å². The molecule has 1 unspecified atom stereocenters. The number of fused-ring (bicyclic) bond motifs is 2. The van der Waals surface area contributed by atoms with Crippen LogP contribution in [0.4, 0.5) is 0 Å². The number of hydrogen-bond donors (Lipinski definition) is 0. The van der Waals surface area contributed by atoms with Gasteiger partial charge in [-0.05, 0) is 29.7 Å². The zero-order valence-electron chi connectivity index (χ0n) is 13.0. The van der Waals surface area contributed by atoms with Gasteiger partial charge in [-0.3, -0.25) is 9.69 Å². The fourth-order valence-electron chi connectivity index (χ4n) is 3.54. The van der Waals surface area contributed by atoms with Gasteiger partial charge in [-0.1, -0.05) is 48.2 Å². The van der Waals surface area contributed by atoms with Crippen LogP contribution in [0.25, 0.3) is 0 Å². The molecule has 0 radical (unpaired) electrons. The van der Waals surface area contributed by atoms with E-state index >= 15 is 0 Å². The molecule has 1 atom stereocenters. The van der Waals surface area contributed by atoms with Crippen LogP contribution >= 0.6 is 11.8 Å². The summed E-state index contributed by atoms with van der Waals surface area (Å²) in [6, 6.07) is 17.9. The van der Waals surface area contributed by atoms with E-state index in [0.717, 1.165) is 39.0 Å². The first-order valence-corrected chi connectivity index (χ1v) is 8.95. The maximum Gasteiger partial charge on any atom is 0.209 e. The van der Waals surface area contributed by atoms with Crippen LogP contribution in [0.3, 0.4) is 0 Å². The molecule has 118 valence electrons. The summed E-state index contributed by atoms with van der Waals surface area (Å²) in [5.74, 6) is 0. The van der Waals surface area contributed by atoms with Crippen molar-refractivity contribution in [2.75, 3.05) is 26.2 Å². The normalized spacial score (nSPS) is 21.2. The SMILES string of the molecule is O=CN1CCN(C2Cc3ccccc3Sc3ccccc32)CC1. The lowest BCUT2D eigenvalue weighted by atomic mass is 9.97. The third kappa shape index (κ3) is 2.89. The largest absolute Gasteiger partial charge is 0.343 e. The summed E-state index contributed by atoms with van der Waals surface area (Å²) in [5, 5.41) is 0. The van der Waals surface area contributed by atoms with Crippen LogP contribution < -0.4 is 0 Å². The summed E-state index contributed by atoms with van der Waals surface area (Å²) in [4.78, 5) is 18.1. The van der Waals surface area contributed by atoms with Gasteiger partial charge in [-0.15, -0.1) is 0 Å². The Morgan fingerprint density at radius 3 is 2.39 bits per heavy atom. The minimum Gasteiger partial charge on any atom is -0.343 e. The van der Waals surface area contributed by atoms with E-state index in [1.165, 1.54) is 20.9 Å². The Morgan fingerprint density at radius 2 is 1.61 bits per heavy atom. The van der Waals surface area contributed by atoms with Crippen LogP contribution in [0.5, 0.6) is 0 Å². The third-order valence-electron chi connectivity index (χ3n) is 4.82. The van der Waals surface area contributed by atoms with Crippen molar-refractivity contribution < 1.29 is 4.79 Å². The molecule has 4 rings (SSSR count). The number of carbonyl (C=O) groups excluding carboxylic acids is 1. The van der Waals surface area contributed by atoms with Crippen LogP contribution in [0.15, 0.2) is 58.3 Å². The summed E-state index contributed by atoms with van der Waals surface area (Å²) >= 11 is 1.88.